The number of anilines is 1. The maximum absolute atomic E-state index is 13.0. The van der Waals surface area contributed by atoms with Crippen molar-refractivity contribution >= 4 is 49.5 Å². The van der Waals surface area contributed by atoms with Gasteiger partial charge in [0.05, 0.1) is 25.9 Å². The maximum atomic E-state index is 13.0. The Morgan fingerprint density at radius 1 is 1.07 bits per heavy atom. The van der Waals surface area contributed by atoms with E-state index in [0.717, 1.165) is 17.2 Å². The predicted octanol–water partition coefficient (Wildman–Crippen LogP) is 5.79. The second-order valence-corrected chi connectivity index (χ2v) is 11.5. The lowest BCUT2D eigenvalue weighted by molar-refractivity contribution is 0.529. The highest BCUT2D eigenvalue weighted by atomic mass is 35.5. The standard InChI is InChI=1S/C22H22Cl2N2O2S2/c1-15-2-4-16(5-3-15)12-17-14-29-22(25-17)26-10-8-18(9-11-26)30(27,28)19-6-7-20(23)21(24)13-19/h2-7,13-14,18H,8-12H2,1H3. The average molecular weight is 481 g/mol. The molecule has 1 saturated heterocycles. The van der Waals surface area contributed by atoms with E-state index in [4.69, 9.17) is 28.2 Å². The number of aromatic nitrogens is 1. The second kappa shape index (κ2) is 8.87. The smallest absolute Gasteiger partial charge is 0.185 e. The Labute approximate surface area is 191 Å². The van der Waals surface area contributed by atoms with E-state index in [1.165, 1.54) is 29.3 Å². The molecule has 0 aliphatic carbocycles. The number of thiazole rings is 1. The van der Waals surface area contributed by atoms with Gasteiger partial charge in [-0.15, -0.1) is 11.3 Å². The van der Waals surface area contributed by atoms with Gasteiger partial charge in [0.1, 0.15) is 0 Å². The molecule has 4 nitrogen and oxygen atoms in total. The molecule has 0 saturated carbocycles. The normalized spacial score (nSPS) is 15.5. The van der Waals surface area contributed by atoms with Gasteiger partial charge in [-0.05, 0) is 43.5 Å². The van der Waals surface area contributed by atoms with Crippen LogP contribution in [0.1, 0.15) is 29.7 Å². The Balaban J connectivity index is 1.40. The van der Waals surface area contributed by atoms with Gasteiger partial charge >= 0.3 is 0 Å². The molecule has 2 aromatic carbocycles. The van der Waals surface area contributed by atoms with Crippen LogP contribution >= 0.6 is 34.5 Å². The third-order valence-electron chi connectivity index (χ3n) is 5.42. The lowest BCUT2D eigenvalue weighted by Gasteiger charge is -2.31. The van der Waals surface area contributed by atoms with Crippen molar-refractivity contribution in [3.05, 3.63) is 74.7 Å². The van der Waals surface area contributed by atoms with Gasteiger partial charge in [0.25, 0.3) is 0 Å². The van der Waals surface area contributed by atoms with Crippen LogP contribution in [0.2, 0.25) is 10.0 Å². The summed E-state index contributed by atoms with van der Waals surface area (Å²) in [5, 5.41) is 3.25. The van der Waals surface area contributed by atoms with Gasteiger partial charge in [0.15, 0.2) is 15.0 Å². The van der Waals surface area contributed by atoms with Gasteiger partial charge in [-0.1, -0.05) is 53.0 Å². The summed E-state index contributed by atoms with van der Waals surface area (Å²) >= 11 is 13.6. The number of hydrogen-bond acceptors (Lipinski definition) is 5. The lowest BCUT2D eigenvalue weighted by Crippen LogP contribution is -2.39. The topological polar surface area (TPSA) is 50.3 Å². The molecule has 30 heavy (non-hydrogen) atoms. The molecule has 1 aliphatic heterocycles. The van der Waals surface area contributed by atoms with E-state index >= 15 is 0 Å². The molecule has 0 bridgehead atoms. The summed E-state index contributed by atoms with van der Waals surface area (Å²) < 4.78 is 26.0. The molecule has 2 heterocycles. The first-order valence-corrected chi connectivity index (χ1v) is 12.9. The predicted molar refractivity (Wildman–Crippen MR) is 125 cm³/mol. The van der Waals surface area contributed by atoms with Crippen molar-refractivity contribution in [3.63, 3.8) is 0 Å². The lowest BCUT2D eigenvalue weighted by atomic mass is 10.1. The van der Waals surface area contributed by atoms with E-state index in [1.54, 1.807) is 11.3 Å². The minimum absolute atomic E-state index is 0.241. The van der Waals surface area contributed by atoms with Crippen molar-refractivity contribution in [2.24, 2.45) is 0 Å². The number of aryl methyl sites for hydroxylation is 1. The van der Waals surface area contributed by atoms with Crippen LogP contribution < -0.4 is 4.90 Å². The van der Waals surface area contributed by atoms with Crippen molar-refractivity contribution < 1.29 is 8.42 Å². The Bertz CT molecular complexity index is 1140. The third-order valence-corrected chi connectivity index (χ3v) is 9.37. The fourth-order valence-electron chi connectivity index (χ4n) is 3.64. The highest BCUT2D eigenvalue weighted by Crippen LogP contribution is 2.32. The number of sulfone groups is 1. The average Bonchev–Trinajstić information content (AvgIpc) is 3.20. The largest absolute Gasteiger partial charge is 0.348 e. The van der Waals surface area contributed by atoms with E-state index < -0.39 is 15.1 Å². The van der Waals surface area contributed by atoms with Gasteiger partial charge in [0, 0.05) is 24.9 Å². The Morgan fingerprint density at radius 3 is 2.43 bits per heavy atom. The minimum atomic E-state index is -3.43. The molecule has 158 valence electrons. The number of halogens is 2. The SMILES string of the molecule is Cc1ccc(Cc2csc(N3CCC(S(=O)(=O)c4ccc(Cl)c(Cl)c4)CC3)n2)cc1. The van der Waals surface area contributed by atoms with E-state index in [2.05, 4.69) is 41.5 Å². The van der Waals surface area contributed by atoms with Gasteiger partial charge in [-0.25, -0.2) is 13.4 Å². The highest BCUT2D eigenvalue weighted by Gasteiger charge is 2.32. The van der Waals surface area contributed by atoms with E-state index in [-0.39, 0.29) is 9.92 Å². The monoisotopic (exact) mass is 480 g/mol. The summed E-state index contributed by atoms with van der Waals surface area (Å²) in [6.45, 7) is 3.42. The van der Waals surface area contributed by atoms with Crippen molar-refractivity contribution in [1.82, 2.24) is 4.98 Å². The van der Waals surface area contributed by atoms with E-state index in [1.807, 2.05) is 0 Å². The first-order valence-electron chi connectivity index (χ1n) is 9.77. The Hall–Kier alpha value is -1.60. The van der Waals surface area contributed by atoms with E-state index in [0.29, 0.717) is 31.0 Å². The number of nitrogens with zero attached hydrogens (tertiary/aromatic N) is 2. The molecule has 1 fully saturated rings. The zero-order valence-electron chi connectivity index (χ0n) is 16.5. The first kappa shape index (κ1) is 21.6. The minimum Gasteiger partial charge on any atom is -0.348 e. The van der Waals surface area contributed by atoms with Crippen LogP contribution in [0.5, 0.6) is 0 Å². The number of rotatable bonds is 5. The molecule has 4 rings (SSSR count). The summed E-state index contributed by atoms with van der Waals surface area (Å²) in [5.74, 6) is 0. The molecule has 0 spiro atoms. The van der Waals surface area contributed by atoms with Crippen LogP contribution in [-0.2, 0) is 16.3 Å². The van der Waals surface area contributed by atoms with Crippen molar-refractivity contribution in [2.45, 2.75) is 36.3 Å². The summed E-state index contributed by atoms with van der Waals surface area (Å²) in [6, 6.07) is 13.0. The van der Waals surface area contributed by atoms with E-state index in [9.17, 15) is 8.42 Å². The maximum Gasteiger partial charge on any atom is 0.185 e. The molecule has 0 unspecified atom stereocenters. The Kier molecular flexibility index (Phi) is 6.39. The molecule has 1 aliphatic rings. The van der Waals surface area contributed by atoms with Crippen LogP contribution in [0.25, 0.3) is 0 Å². The molecule has 8 heteroatoms. The Morgan fingerprint density at radius 2 is 1.77 bits per heavy atom. The highest BCUT2D eigenvalue weighted by molar-refractivity contribution is 7.92. The van der Waals surface area contributed by atoms with Crippen LogP contribution in [0, 0.1) is 6.92 Å². The molecular formula is C22H22Cl2N2O2S2. The first-order chi connectivity index (χ1) is 14.3. The molecule has 0 N–H and O–H groups in total. The summed E-state index contributed by atoms with van der Waals surface area (Å²) in [5.41, 5.74) is 3.53. The quantitative estimate of drug-likeness (QED) is 0.463. The zero-order valence-corrected chi connectivity index (χ0v) is 19.7. The molecule has 0 atom stereocenters. The van der Waals surface area contributed by atoms with Crippen molar-refractivity contribution in [1.29, 1.82) is 0 Å². The van der Waals surface area contributed by atoms with Gasteiger partial charge in [-0.3, -0.25) is 0 Å². The van der Waals surface area contributed by atoms with Crippen molar-refractivity contribution in [3.8, 4) is 0 Å². The molecule has 0 amide bonds. The molecule has 0 radical (unpaired) electrons. The number of benzene rings is 2. The summed E-state index contributed by atoms with van der Waals surface area (Å²) in [6.07, 6.45) is 1.93. The van der Waals surface area contributed by atoms with Crippen LogP contribution in [0.15, 0.2) is 52.7 Å². The van der Waals surface area contributed by atoms with Crippen LogP contribution in [0.4, 0.5) is 5.13 Å². The molecule has 1 aromatic heterocycles. The third kappa shape index (κ3) is 4.67. The van der Waals surface area contributed by atoms with Crippen LogP contribution in [0.3, 0.4) is 0 Å². The second-order valence-electron chi connectivity index (χ2n) is 7.59. The van der Waals surface area contributed by atoms with Crippen molar-refractivity contribution in [2.75, 3.05) is 18.0 Å². The summed E-state index contributed by atoms with van der Waals surface area (Å²) in [4.78, 5) is 7.21. The van der Waals surface area contributed by atoms with Gasteiger partial charge in [-0.2, -0.15) is 0 Å². The molecular weight excluding hydrogens is 459 g/mol. The number of piperidine rings is 1. The zero-order chi connectivity index (χ0) is 21.3. The molecule has 3 aromatic rings. The van der Waals surface area contributed by atoms with Gasteiger partial charge < -0.3 is 4.90 Å². The van der Waals surface area contributed by atoms with Crippen LogP contribution in [-0.4, -0.2) is 31.7 Å². The fraction of sp³-hybridized carbons (Fsp3) is 0.318. The summed E-state index contributed by atoms with van der Waals surface area (Å²) in [7, 11) is -3.43. The number of hydrogen-bond donors (Lipinski definition) is 0. The fourth-order valence-corrected chi connectivity index (χ4v) is 6.64. The van der Waals surface area contributed by atoms with Gasteiger partial charge in [0.2, 0.25) is 0 Å².